The van der Waals surface area contributed by atoms with Gasteiger partial charge in [0.1, 0.15) is 17.4 Å². The molecule has 25 heavy (non-hydrogen) atoms. The molecule has 0 aliphatic rings. The number of halogens is 1. The normalized spacial score (nSPS) is 12.1. The lowest BCUT2D eigenvalue weighted by Crippen LogP contribution is -2.41. The number of allylic oxidation sites excluding steroid dienone is 1. The van der Waals surface area contributed by atoms with Crippen LogP contribution in [0, 0.1) is 0 Å². The van der Waals surface area contributed by atoms with E-state index in [9.17, 15) is 9.59 Å². The molecular formula is C18H23ClN2O4. The molecule has 0 unspecified atom stereocenters. The van der Waals surface area contributed by atoms with Gasteiger partial charge in [0.15, 0.2) is 0 Å². The van der Waals surface area contributed by atoms with Crippen molar-refractivity contribution in [1.29, 1.82) is 0 Å². The molecule has 1 aromatic carbocycles. The van der Waals surface area contributed by atoms with Gasteiger partial charge in [-0.2, -0.15) is 5.10 Å². The number of esters is 1. The van der Waals surface area contributed by atoms with E-state index in [1.54, 1.807) is 31.2 Å². The summed E-state index contributed by atoms with van der Waals surface area (Å²) in [5.41, 5.74) is 0.714. The van der Waals surface area contributed by atoms with E-state index in [1.165, 1.54) is 12.1 Å². The molecule has 0 N–H and O–H groups in total. The summed E-state index contributed by atoms with van der Waals surface area (Å²) in [6, 6.07) is 6.75. The van der Waals surface area contributed by atoms with Crippen molar-refractivity contribution in [3.63, 3.8) is 0 Å². The minimum absolute atomic E-state index is 0.0616. The van der Waals surface area contributed by atoms with Crippen LogP contribution in [0.15, 0.2) is 40.2 Å². The second-order valence-electron chi connectivity index (χ2n) is 6.28. The summed E-state index contributed by atoms with van der Waals surface area (Å²) < 4.78 is 10.2. The molecule has 1 amide bonds. The molecule has 6 nitrogen and oxygen atoms in total. The maximum Gasteiger partial charge on any atom is 0.337 e. The van der Waals surface area contributed by atoms with Crippen molar-refractivity contribution in [3.05, 3.63) is 46.2 Å². The summed E-state index contributed by atoms with van der Waals surface area (Å²) in [5.74, 6) is -0.610. The lowest BCUT2D eigenvalue weighted by Gasteiger charge is -2.30. The largest absolute Gasteiger partial charge is 0.492 e. The summed E-state index contributed by atoms with van der Waals surface area (Å²) >= 11 is 6.13. The second kappa shape index (κ2) is 8.67. The van der Waals surface area contributed by atoms with Gasteiger partial charge in [0.05, 0.1) is 18.2 Å². The molecule has 0 bridgehead atoms. The molecule has 1 rings (SSSR count). The number of hydrazone groups is 1. The number of hydrogen-bond donors (Lipinski definition) is 0. The van der Waals surface area contributed by atoms with Crippen molar-refractivity contribution in [2.75, 3.05) is 7.11 Å². The average molecular weight is 367 g/mol. The Hall–Kier alpha value is -2.34. The van der Waals surface area contributed by atoms with E-state index in [0.717, 1.165) is 5.56 Å². The fourth-order valence-electron chi connectivity index (χ4n) is 1.93. The number of benzene rings is 1. The smallest absolute Gasteiger partial charge is 0.337 e. The summed E-state index contributed by atoms with van der Waals surface area (Å²) in [5, 5.41) is 4.87. The Morgan fingerprint density at radius 3 is 2.24 bits per heavy atom. The van der Waals surface area contributed by atoms with Crippen molar-refractivity contribution in [1.82, 2.24) is 5.01 Å². The molecule has 0 aromatic heterocycles. The van der Waals surface area contributed by atoms with Crippen LogP contribution >= 0.6 is 11.6 Å². The molecule has 0 spiro atoms. The molecule has 7 heteroatoms. The molecule has 1 aromatic rings. The molecule has 0 fully saturated rings. The highest BCUT2D eigenvalue weighted by Gasteiger charge is 2.29. The first kappa shape index (κ1) is 20.7. The van der Waals surface area contributed by atoms with Gasteiger partial charge in [0.2, 0.25) is 0 Å². The van der Waals surface area contributed by atoms with Crippen molar-refractivity contribution in [2.45, 2.75) is 39.8 Å². The van der Waals surface area contributed by atoms with E-state index in [0.29, 0.717) is 5.56 Å². The Morgan fingerprint density at radius 2 is 1.80 bits per heavy atom. The third-order valence-electron chi connectivity index (χ3n) is 3.30. The van der Waals surface area contributed by atoms with Crippen LogP contribution in [-0.2, 0) is 20.9 Å². The summed E-state index contributed by atoms with van der Waals surface area (Å²) in [6.07, 6.45) is 0. The van der Waals surface area contributed by atoms with Crippen LogP contribution in [0.2, 0.25) is 0 Å². The van der Waals surface area contributed by atoms with Crippen molar-refractivity contribution in [2.24, 2.45) is 5.10 Å². The minimum Gasteiger partial charge on any atom is -0.492 e. The summed E-state index contributed by atoms with van der Waals surface area (Å²) in [6.45, 7) is 10.7. The number of hydrogen-bond acceptors (Lipinski definition) is 5. The zero-order chi connectivity index (χ0) is 19.2. The van der Waals surface area contributed by atoms with Crippen molar-refractivity contribution < 1.29 is 19.1 Å². The van der Waals surface area contributed by atoms with Crippen LogP contribution in [0.25, 0.3) is 0 Å². The lowest BCUT2D eigenvalue weighted by molar-refractivity contribution is -0.131. The number of rotatable bonds is 6. The highest BCUT2D eigenvalue weighted by atomic mass is 35.5. The van der Waals surface area contributed by atoms with Gasteiger partial charge in [0.25, 0.3) is 5.91 Å². The predicted molar refractivity (Wildman–Crippen MR) is 97.3 cm³/mol. The Labute approximate surface area is 153 Å². The molecule has 0 saturated carbocycles. The predicted octanol–water partition coefficient (Wildman–Crippen LogP) is 3.70. The maximum absolute atomic E-state index is 12.4. The molecule has 0 aliphatic carbocycles. The minimum atomic E-state index is -0.553. The van der Waals surface area contributed by atoms with Gasteiger partial charge in [0, 0.05) is 6.72 Å². The molecule has 0 atom stereocenters. The molecule has 0 aliphatic heterocycles. The first-order valence-corrected chi connectivity index (χ1v) is 7.97. The van der Waals surface area contributed by atoms with Gasteiger partial charge in [-0.15, -0.1) is 0 Å². The number of nitrogens with zero attached hydrogens (tertiary/aromatic N) is 2. The van der Waals surface area contributed by atoms with Crippen LogP contribution < -0.4 is 0 Å². The Morgan fingerprint density at radius 1 is 1.24 bits per heavy atom. The second-order valence-corrected chi connectivity index (χ2v) is 6.65. The fraction of sp³-hybridized carbons (Fsp3) is 0.389. The van der Waals surface area contributed by atoms with Crippen molar-refractivity contribution in [3.8, 4) is 0 Å². The highest BCUT2D eigenvalue weighted by molar-refractivity contribution is 6.42. The lowest BCUT2D eigenvalue weighted by atomic mass is 10.1. The highest BCUT2D eigenvalue weighted by Crippen LogP contribution is 2.22. The zero-order valence-electron chi connectivity index (χ0n) is 15.1. The SMILES string of the molecule is C=NN(C(=O)/C(Cl)=C(\C)OCc1ccc(C(=O)OC)cc1)C(C)(C)C. The number of ether oxygens (including phenoxy) is 2. The standard InChI is InChI=1S/C18H23ClN2O4/c1-12(15(19)16(22)21(20-5)18(2,3)4)25-11-13-7-9-14(10-8-13)17(23)24-6/h7-10H,5,11H2,1-4,6H3/b15-12-. The Bertz CT molecular complexity index is 675. The molecule has 0 saturated heterocycles. The first-order valence-electron chi connectivity index (χ1n) is 7.59. The van der Waals surface area contributed by atoms with Crippen LogP contribution in [0.5, 0.6) is 0 Å². The number of methoxy groups -OCH3 is 1. The van der Waals surface area contributed by atoms with Crippen molar-refractivity contribution >= 4 is 30.2 Å². The van der Waals surface area contributed by atoms with Gasteiger partial charge in [-0.05, 0) is 45.4 Å². The van der Waals surface area contributed by atoms with E-state index in [1.807, 2.05) is 20.8 Å². The van der Waals surface area contributed by atoms with Crippen LogP contribution in [0.4, 0.5) is 0 Å². The van der Waals surface area contributed by atoms with Gasteiger partial charge in [-0.3, -0.25) is 4.79 Å². The van der Waals surface area contributed by atoms with E-state index in [4.69, 9.17) is 16.3 Å². The quantitative estimate of drug-likeness (QED) is 0.253. The Kier molecular flexibility index (Phi) is 7.18. The number of carbonyl (C=O) groups excluding carboxylic acids is 2. The van der Waals surface area contributed by atoms with Gasteiger partial charge < -0.3 is 9.47 Å². The monoisotopic (exact) mass is 366 g/mol. The van der Waals surface area contributed by atoms with E-state index < -0.39 is 17.4 Å². The zero-order valence-corrected chi connectivity index (χ0v) is 15.9. The number of carbonyl (C=O) groups is 2. The average Bonchev–Trinajstić information content (AvgIpc) is 2.57. The van der Waals surface area contributed by atoms with Crippen LogP contribution in [0.1, 0.15) is 43.6 Å². The molecular weight excluding hydrogens is 344 g/mol. The van der Waals surface area contributed by atoms with Crippen LogP contribution in [-0.4, -0.2) is 36.3 Å². The Balaban J connectivity index is 2.81. The number of amides is 1. The fourth-order valence-corrected chi connectivity index (χ4v) is 2.07. The van der Waals surface area contributed by atoms with Crippen LogP contribution in [0.3, 0.4) is 0 Å². The maximum atomic E-state index is 12.4. The molecule has 0 radical (unpaired) electrons. The van der Waals surface area contributed by atoms with E-state index >= 15 is 0 Å². The first-order chi connectivity index (χ1) is 11.6. The third-order valence-corrected chi connectivity index (χ3v) is 3.72. The molecule has 0 heterocycles. The third kappa shape index (κ3) is 5.60. The van der Waals surface area contributed by atoms with Gasteiger partial charge >= 0.3 is 5.97 Å². The topological polar surface area (TPSA) is 68.2 Å². The van der Waals surface area contributed by atoms with Gasteiger partial charge in [-0.1, -0.05) is 23.7 Å². The summed E-state index contributed by atoms with van der Waals surface area (Å²) in [7, 11) is 1.32. The summed E-state index contributed by atoms with van der Waals surface area (Å²) in [4.78, 5) is 23.8. The molecule has 136 valence electrons. The van der Waals surface area contributed by atoms with E-state index in [2.05, 4.69) is 16.6 Å². The van der Waals surface area contributed by atoms with E-state index in [-0.39, 0.29) is 17.4 Å². The van der Waals surface area contributed by atoms with Gasteiger partial charge in [-0.25, -0.2) is 9.80 Å².